The molecule has 3 N–H and O–H groups in total. The van der Waals surface area contributed by atoms with Gasteiger partial charge in [0.2, 0.25) is 0 Å². The van der Waals surface area contributed by atoms with Crippen molar-refractivity contribution in [3.63, 3.8) is 0 Å². The fraction of sp³-hybridized carbons (Fsp3) is 0.550. The highest BCUT2D eigenvalue weighted by Crippen LogP contribution is 2.35. The smallest absolute Gasteiger partial charge is 0.306 e. The quantitative estimate of drug-likeness (QED) is 0.471. The fourth-order valence-corrected chi connectivity index (χ4v) is 3.37. The number of aliphatic hydroxyl groups excluding tert-OH is 1. The van der Waals surface area contributed by atoms with Crippen molar-refractivity contribution in [3.05, 3.63) is 42.5 Å². The van der Waals surface area contributed by atoms with Gasteiger partial charge in [-0.15, -0.1) is 0 Å². The Hall–Kier alpha value is -1.85. The van der Waals surface area contributed by atoms with Crippen molar-refractivity contribution in [2.45, 2.75) is 56.7 Å². The molecule has 5 heteroatoms. The number of rotatable bonds is 9. The number of hydrogen-bond donors (Lipinski definition) is 3. The van der Waals surface area contributed by atoms with Gasteiger partial charge in [0.05, 0.1) is 24.7 Å². The molecular weight excluding hydrogens is 320 g/mol. The van der Waals surface area contributed by atoms with Crippen LogP contribution in [0.4, 0.5) is 0 Å². The summed E-state index contributed by atoms with van der Waals surface area (Å²) in [7, 11) is 0. The minimum atomic E-state index is -1.12. The zero-order valence-electron chi connectivity index (χ0n) is 14.5. The lowest BCUT2D eigenvalue weighted by Gasteiger charge is -2.34. The predicted molar refractivity (Wildman–Crippen MR) is 95.5 cm³/mol. The van der Waals surface area contributed by atoms with Gasteiger partial charge < -0.3 is 20.1 Å². The topological polar surface area (TPSA) is 87.0 Å². The third kappa shape index (κ3) is 7.28. The maximum Gasteiger partial charge on any atom is 0.306 e. The van der Waals surface area contributed by atoms with Crippen LogP contribution in [0, 0.1) is 5.92 Å². The van der Waals surface area contributed by atoms with Crippen molar-refractivity contribution in [3.8, 4) is 5.75 Å². The van der Waals surface area contributed by atoms with E-state index >= 15 is 0 Å². The van der Waals surface area contributed by atoms with Crippen LogP contribution < -0.4 is 4.74 Å². The number of carboxylic acids is 1. The summed E-state index contributed by atoms with van der Waals surface area (Å²) >= 11 is 0. The second kappa shape index (κ2) is 9.59. The first-order valence-corrected chi connectivity index (χ1v) is 8.95. The van der Waals surface area contributed by atoms with Crippen LogP contribution in [0.3, 0.4) is 0 Å². The highest BCUT2D eigenvalue weighted by atomic mass is 16.5. The molecule has 0 heterocycles. The number of allylic oxidation sites excluding steroid dienone is 1. The Morgan fingerprint density at radius 1 is 1.36 bits per heavy atom. The van der Waals surface area contributed by atoms with E-state index < -0.39 is 17.7 Å². The molecule has 2 rings (SSSR count). The number of benzene rings is 1. The van der Waals surface area contributed by atoms with E-state index in [9.17, 15) is 15.0 Å². The summed E-state index contributed by atoms with van der Waals surface area (Å²) < 4.78 is 5.59. The van der Waals surface area contributed by atoms with Crippen molar-refractivity contribution < 1.29 is 24.9 Å². The van der Waals surface area contributed by atoms with Gasteiger partial charge in [-0.25, -0.2) is 0 Å². The molecular formula is C20H28O5. The van der Waals surface area contributed by atoms with E-state index in [4.69, 9.17) is 9.84 Å². The minimum absolute atomic E-state index is 0.119. The number of para-hydroxylation sites is 1. The summed E-state index contributed by atoms with van der Waals surface area (Å²) in [5.41, 5.74) is -1.12. The molecule has 5 nitrogen and oxygen atoms in total. The van der Waals surface area contributed by atoms with Gasteiger partial charge in [-0.05, 0) is 56.6 Å². The van der Waals surface area contributed by atoms with Crippen molar-refractivity contribution in [2.75, 3.05) is 6.61 Å². The molecule has 0 saturated heterocycles. The summed E-state index contributed by atoms with van der Waals surface area (Å²) in [6.07, 6.45) is 6.98. The maximum atomic E-state index is 10.9. The van der Waals surface area contributed by atoms with Gasteiger partial charge in [0.1, 0.15) is 5.75 Å². The van der Waals surface area contributed by atoms with Crippen LogP contribution >= 0.6 is 0 Å². The molecule has 0 aromatic heterocycles. The molecule has 1 saturated carbocycles. The number of hydrogen-bond acceptors (Lipinski definition) is 4. The van der Waals surface area contributed by atoms with E-state index in [2.05, 4.69) is 0 Å². The molecule has 0 bridgehead atoms. The molecule has 25 heavy (non-hydrogen) atoms. The number of ether oxygens (including phenoxy) is 1. The van der Waals surface area contributed by atoms with Crippen molar-refractivity contribution in [1.29, 1.82) is 0 Å². The maximum absolute atomic E-state index is 10.9. The summed E-state index contributed by atoms with van der Waals surface area (Å²) in [6.45, 7) is 0.552. The number of carboxylic acid groups (broad SMARTS) is 1. The first-order chi connectivity index (χ1) is 12.0. The standard InChI is InChI=1S/C20H28O5/c21-17(7-5-13-25-18-8-2-1-3-9-18)11-10-16-6-4-12-20(24,14-16)15-19(22)23/h1-3,8-11,16-17,21,24H,4-7,12-15H2,(H,22,23)/b11-10+. The molecule has 1 aromatic carbocycles. The Labute approximate surface area is 149 Å². The zero-order valence-corrected chi connectivity index (χ0v) is 14.5. The number of aliphatic hydroxyl groups is 2. The SMILES string of the molecule is O=C(O)CC1(O)CCCC(/C=C/C(O)CCCOc2ccccc2)C1. The van der Waals surface area contributed by atoms with Crippen LogP contribution in [0.25, 0.3) is 0 Å². The van der Waals surface area contributed by atoms with Crippen LogP contribution in [0.15, 0.2) is 42.5 Å². The summed E-state index contributed by atoms with van der Waals surface area (Å²) in [5.74, 6) is -0.0219. The molecule has 0 radical (unpaired) electrons. The lowest BCUT2D eigenvalue weighted by Crippen LogP contribution is -2.37. The molecule has 138 valence electrons. The normalized spacial score (nSPS) is 25.0. The largest absolute Gasteiger partial charge is 0.494 e. The second-order valence-corrected chi connectivity index (χ2v) is 6.91. The van der Waals surface area contributed by atoms with Gasteiger partial charge in [-0.3, -0.25) is 4.79 Å². The van der Waals surface area contributed by atoms with Crippen LogP contribution in [0.2, 0.25) is 0 Å². The van der Waals surface area contributed by atoms with Crippen LogP contribution in [-0.4, -0.2) is 39.6 Å². The highest BCUT2D eigenvalue weighted by molar-refractivity contribution is 5.68. The van der Waals surface area contributed by atoms with Crippen molar-refractivity contribution in [2.24, 2.45) is 5.92 Å². The van der Waals surface area contributed by atoms with Gasteiger partial charge in [0.15, 0.2) is 0 Å². The minimum Gasteiger partial charge on any atom is -0.494 e. The first kappa shape index (κ1) is 19.5. The van der Waals surface area contributed by atoms with Gasteiger partial charge in [0.25, 0.3) is 0 Å². The molecule has 3 atom stereocenters. The average Bonchev–Trinajstić information content (AvgIpc) is 2.57. The molecule has 1 aliphatic rings. The molecule has 1 fully saturated rings. The van der Waals surface area contributed by atoms with E-state index in [-0.39, 0.29) is 12.3 Å². The fourth-order valence-electron chi connectivity index (χ4n) is 3.37. The van der Waals surface area contributed by atoms with Crippen molar-refractivity contribution in [1.82, 2.24) is 0 Å². The summed E-state index contributed by atoms with van der Waals surface area (Å²) in [6, 6.07) is 9.57. The van der Waals surface area contributed by atoms with E-state index in [1.54, 1.807) is 6.08 Å². The van der Waals surface area contributed by atoms with Crippen LogP contribution in [0.1, 0.15) is 44.9 Å². The Kier molecular flexibility index (Phi) is 7.47. The van der Waals surface area contributed by atoms with Crippen LogP contribution in [-0.2, 0) is 4.79 Å². The highest BCUT2D eigenvalue weighted by Gasteiger charge is 2.35. The molecule has 0 aliphatic heterocycles. The third-order valence-corrected chi connectivity index (χ3v) is 4.60. The lowest BCUT2D eigenvalue weighted by atomic mass is 9.76. The van der Waals surface area contributed by atoms with E-state index in [1.807, 2.05) is 36.4 Å². The molecule has 1 aromatic rings. The zero-order chi connectivity index (χ0) is 18.1. The average molecular weight is 348 g/mol. The monoisotopic (exact) mass is 348 g/mol. The van der Waals surface area contributed by atoms with E-state index in [0.29, 0.717) is 25.9 Å². The van der Waals surface area contributed by atoms with Gasteiger partial charge >= 0.3 is 5.97 Å². The Morgan fingerprint density at radius 2 is 2.12 bits per heavy atom. The Morgan fingerprint density at radius 3 is 2.84 bits per heavy atom. The summed E-state index contributed by atoms with van der Waals surface area (Å²) in [5, 5.41) is 29.3. The number of carbonyl (C=O) groups is 1. The van der Waals surface area contributed by atoms with E-state index in [1.165, 1.54) is 0 Å². The molecule has 0 spiro atoms. The Balaban J connectivity index is 1.68. The molecule has 3 unspecified atom stereocenters. The summed E-state index contributed by atoms with van der Waals surface area (Å²) in [4.78, 5) is 10.9. The van der Waals surface area contributed by atoms with E-state index in [0.717, 1.165) is 25.0 Å². The van der Waals surface area contributed by atoms with Crippen LogP contribution in [0.5, 0.6) is 5.75 Å². The predicted octanol–water partition coefficient (Wildman–Crippen LogP) is 3.16. The molecule has 1 aliphatic carbocycles. The van der Waals surface area contributed by atoms with Crippen molar-refractivity contribution >= 4 is 5.97 Å². The van der Waals surface area contributed by atoms with Gasteiger partial charge in [-0.1, -0.05) is 30.4 Å². The molecule has 0 amide bonds. The second-order valence-electron chi connectivity index (χ2n) is 6.91. The van der Waals surface area contributed by atoms with Gasteiger partial charge in [-0.2, -0.15) is 0 Å². The Bertz CT molecular complexity index is 556. The number of aliphatic carboxylic acids is 1. The third-order valence-electron chi connectivity index (χ3n) is 4.60. The van der Waals surface area contributed by atoms with Gasteiger partial charge in [0, 0.05) is 0 Å². The first-order valence-electron chi connectivity index (χ1n) is 8.95. The lowest BCUT2D eigenvalue weighted by molar-refractivity contribution is -0.144.